The third-order valence-corrected chi connectivity index (χ3v) is 5.76. The van der Waals surface area contributed by atoms with Gasteiger partial charge in [-0.25, -0.2) is 0 Å². The molecule has 0 aliphatic carbocycles. The number of anilines is 1. The largest absolute Gasteiger partial charge is 0.365 e. The number of carbonyl (C=O) groups excluding carboxylic acids is 1. The lowest BCUT2D eigenvalue weighted by molar-refractivity contribution is 0.0726. The van der Waals surface area contributed by atoms with Crippen LogP contribution in [0, 0.1) is 6.92 Å². The molecule has 3 heterocycles. The molecule has 3 aromatic rings. The Bertz CT molecular complexity index is 938. The van der Waals surface area contributed by atoms with Crippen molar-refractivity contribution in [2.24, 2.45) is 0 Å². The molecule has 2 aromatic heterocycles. The lowest BCUT2D eigenvalue weighted by Gasteiger charge is -2.41. The summed E-state index contributed by atoms with van der Waals surface area (Å²) in [4.78, 5) is 21.8. The molecule has 1 aliphatic rings. The summed E-state index contributed by atoms with van der Waals surface area (Å²) in [5.74, 6) is 0.0876. The molecule has 5 heteroatoms. The van der Waals surface area contributed by atoms with Crippen LogP contribution in [0.4, 0.5) is 5.69 Å². The first-order valence-electron chi connectivity index (χ1n) is 9.23. The quantitative estimate of drug-likeness (QED) is 0.676. The minimum atomic E-state index is 0.0876. The highest BCUT2D eigenvalue weighted by Gasteiger charge is 2.27. The van der Waals surface area contributed by atoms with Gasteiger partial charge < -0.3 is 9.80 Å². The molecule has 4 rings (SSSR count). The van der Waals surface area contributed by atoms with E-state index in [1.54, 1.807) is 17.5 Å². The Morgan fingerprint density at radius 2 is 2.07 bits per heavy atom. The maximum absolute atomic E-state index is 13.0. The molecule has 1 fully saturated rings. The SMILES string of the molecule is Cc1cccc(N2CCN(C(=O)c3ccnc(-c4ccsc4)c3)C[C@@H]2C)c1. The zero-order chi connectivity index (χ0) is 18.8. The molecule has 0 bridgehead atoms. The van der Waals surface area contributed by atoms with Gasteiger partial charge in [-0.15, -0.1) is 0 Å². The van der Waals surface area contributed by atoms with Crippen LogP contribution < -0.4 is 4.90 Å². The van der Waals surface area contributed by atoms with Gasteiger partial charge in [-0.3, -0.25) is 9.78 Å². The predicted molar refractivity (Wildman–Crippen MR) is 111 cm³/mol. The predicted octanol–water partition coefficient (Wildman–Crippen LogP) is 4.47. The molecule has 1 atom stereocenters. The number of rotatable bonds is 3. The van der Waals surface area contributed by atoms with E-state index in [9.17, 15) is 4.79 Å². The topological polar surface area (TPSA) is 36.4 Å². The van der Waals surface area contributed by atoms with E-state index in [4.69, 9.17) is 0 Å². The van der Waals surface area contributed by atoms with E-state index in [0.717, 1.165) is 30.9 Å². The van der Waals surface area contributed by atoms with Gasteiger partial charge in [0.05, 0.1) is 5.69 Å². The summed E-state index contributed by atoms with van der Waals surface area (Å²) < 4.78 is 0. The summed E-state index contributed by atoms with van der Waals surface area (Å²) in [5, 5.41) is 4.08. The minimum absolute atomic E-state index is 0.0876. The number of aromatic nitrogens is 1. The van der Waals surface area contributed by atoms with E-state index in [0.29, 0.717) is 5.56 Å². The van der Waals surface area contributed by atoms with Gasteiger partial charge in [0.25, 0.3) is 5.91 Å². The number of amides is 1. The van der Waals surface area contributed by atoms with Crippen LogP contribution in [0.1, 0.15) is 22.8 Å². The molecular formula is C22H23N3OS. The van der Waals surface area contributed by atoms with Crippen LogP contribution in [-0.4, -0.2) is 41.5 Å². The summed E-state index contributed by atoms with van der Waals surface area (Å²) in [7, 11) is 0. The summed E-state index contributed by atoms with van der Waals surface area (Å²) in [6, 6.07) is 14.6. The fourth-order valence-electron chi connectivity index (χ4n) is 3.65. The van der Waals surface area contributed by atoms with Crippen molar-refractivity contribution in [3.8, 4) is 11.3 Å². The van der Waals surface area contributed by atoms with Crippen molar-refractivity contribution in [2.75, 3.05) is 24.5 Å². The summed E-state index contributed by atoms with van der Waals surface area (Å²) in [6.45, 7) is 6.60. The molecule has 1 amide bonds. The standard InChI is InChI=1S/C22H23N3OS/c1-16-4-3-5-20(12-16)25-10-9-24(14-17(25)2)22(26)18-6-8-23-21(13-18)19-7-11-27-15-19/h3-8,11-13,15,17H,9-10,14H2,1-2H3/t17-/m0/s1. The number of piperazine rings is 1. The van der Waals surface area contributed by atoms with Crippen LogP contribution in [0.25, 0.3) is 11.3 Å². The van der Waals surface area contributed by atoms with Crippen LogP contribution >= 0.6 is 11.3 Å². The fourth-order valence-corrected chi connectivity index (χ4v) is 4.30. The molecule has 0 unspecified atom stereocenters. The molecule has 1 saturated heterocycles. The maximum atomic E-state index is 13.0. The van der Waals surface area contributed by atoms with Crippen LogP contribution in [0.2, 0.25) is 0 Å². The van der Waals surface area contributed by atoms with Crippen LogP contribution in [-0.2, 0) is 0 Å². The lowest BCUT2D eigenvalue weighted by atomic mass is 10.1. The van der Waals surface area contributed by atoms with E-state index < -0.39 is 0 Å². The summed E-state index contributed by atoms with van der Waals surface area (Å²) in [6.07, 6.45) is 1.73. The Morgan fingerprint density at radius 1 is 1.19 bits per heavy atom. The van der Waals surface area contributed by atoms with Gasteiger partial charge in [0, 0.05) is 54.1 Å². The molecule has 0 saturated carbocycles. The number of pyridine rings is 1. The second-order valence-corrected chi connectivity index (χ2v) is 7.85. The number of aryl methyl sites for hydroxylation is 1. The van der Waals surface area contributed by atoms with E-state index in [1.165, 1.54) is 11.3 Å². The Labute approximate surface area is 164 Å². The van der Waals surface area contributed by atoms with Crippen LogP contribution in [0.5, 0.6) is 0 Å². The number of nitrogens with zero attached hydrogens (tertiary/aromatic N) is 3. The van der Waals surface area contributed by atoms with Crippen molar-refractivity contribution >= 4 is 22.9 Å². The van der Waals surface area contributed by atoms with Crippen LogP contribution in [0.3, 0.4) is 0 Å². The highest BCUT2D eigenvalue weighted by atomic mass is 32.1. The molecule has 1 aromatic carbocycles. The first kappa shape index (κ1) is 17.7. The third-order valence-electron chi connectivity index (χ3n) is 5.07. The normalized spacial score (nSPS) is 17.2. The minimum Gasteiger partial charge on any atom is -0.365 e. The van der Waals surface area contributed by atoms with E-state index in [-0.39, 0.29) is 11.9 Å². The zero-order valence-electron chi connectivity index (χ0n) is 15.6. The van der Waals surface area contributed by atoms with E-state index in [2.05, 4.69) is 53.4 Å². The van der Waals surface area contributed by atoms with Crippen LogP contribution in [0.15, 0.2) is 59.4 Å². The van der Waals surface area contributed by atoms with Gasteiger partial charge in [0.2, 0.25) is 0 Å². The number of hydrogen-bond donors (Lipinski definition) is 0. The number of hydrogen-bond acceptors (Lipinski definition) is 4. The smallest absolute Gasteiger partial charge is 0.254 e. The van der Waals surface area contributed by atoms with E-state index in [1.807, 2.05) is 28.5 Å². The second kappa shape index (κ2) is 7.53. The van der Waals surface area contributed by atoms with Gasteiger partial charge in [-0.1, -0.05) is 12.1 Å². The van der Waals surface area contributed by atoms with Crippen molar-refractivity contribution < 1.29 is 4.79 Å². The molecule has 4 nitrogen and oxygen atoms in total. The average Bonchev–Trinajstić information content (AvgIpc) is 3.22. The molecule has 0 radical (unpaired) electrons. The lowest BCUT2D eigenvalue weighted by Crippen LogP contribution is -2.53. The number of carbonyl (C=O) groups is 1. The van der Waals surface area contributed by atoms with Gasteiger partial charge in [-0.2, -0.15) is 11.3 Å². The molecular weight excluding hydrogens is 354 g/mol. The van der Waals surface area contributed by atoms with Crippen molar-refractivity contribution in [3.05, 3.63) is 70.5 Å². The summed E-state index contributed by atoms with van der Waals surface area (Å²) in [5.41, 5.74) is 5.12. The highest BCUT2D eigenvalue weighted by molar-refractivity contribution is 7.08. The van der Waals surface area contributed by atoms with Gasteiger partial charge in [0.1, 0.15) is 0 Å². The summed E-state index contributed by atoms with van der Waals surface area (Å²) >= 11 is 1.64. The first-order valence-corrected chi connectivity index (χ1v) is 10.2. The van der Waals surface area contributed by atoms with Crippen molar-refractivity contribution in [3.63, 3.8) is 0 Å². The van der Waals surface area contributed by atoms with E-state index >= 15 is 0 Å². The Kier molecular flexibility index (Phi) is 4.94. The molecule has 0 spiro atoms. The third kappa shape index (κ3) is 3.74. The molecule has 0 N–H and O–H groups in total. The Morgan fingerprint density at radius 3 is 2.81 bits per heavy atom. The zero-order valence-corrected chi connectivity index (χ0v) is 16.4. The Balaban J connectivity index is 1.49. The van der Waals surface area contributed by atoms with Gasteiger partial charge in [-0.05, 0) is 55.1 Å². The van der Waals surface area contributed by atoms with Crippen molar-refractivity contribution in [1.29, 1.82) is 0 Å². The van der Waals surface area contributed by atoms with Crippen molar-refractivity contribution in [1.82, 2.24) is 9.88 Å². The second-order valence-electron chi connectivity index (χ2n) is 7.07. The fraction of sp³-hybridized carbons (Fsp3) is 0.273. The van der Waals surface area contributed by atoms with Gasteiger partial charge >= 0.3 is 0 Å². The highest BCUT2D eigenvalue weighted by Crippen LogP contribution is 2.24. The number of thiophene rings is 1. The average molecular weight is 378 g/mol. The van der Waals surface area contributed by atoms with Gasteiger partial charge in [0.15, 0.2) is 0 Å². The number of benzene rings is 1. The Hall–Kier alpha value is -2.66. The monoisotopic (exact) mass is 377 g/mol. The van der Waals surface area contributed by atoms with Crippen molar-refractivity contribution in [2.45, 2.75) is 19.9 Å². The maximum Gasteiger partial charge on any atom is 0.254 e. The molecule has 138 valence electrons. The molecule has 1 aliphatic heterocycles. The molecule has 27 heavy (non-hydrogen) atoms. The first-order chi connectivity index (χ1) is 13.1.